The molecule has 0 spiro atoms. The van der Waals surface area contributed by atoms with Crippen molar-refractivity contribution in [3.63, 3.8) is 0 Å². The van der Waals surface area contributed by atoms with E-state index in [1.54, 1.807) is 6.26 Å². The lowest BCUT2D eigenvalue weighted by Crippen LogP contribution is -2.38. The molecule has 0 unspecified atom stereocenters. The SMILES string of the molecule is CC(C)CNCc1coc(OC2COC2)n1. The fourth-order valence-corrected chi connectivity index (χ4v) is 1.34. The van der Waals surface area contributed by atoms with Gasteiger partial charge in [0, 0.05) is 6.54 Å². The molecule has 1 saturated heterocycles. The second kappa shape index (κ2) is 5.32. The summed E-state index contributed by atoms with van der Waals surface area (Å²) < 4.78 is 15.6. The maximum atomic E-state index is 5.43. The van der Waals surface area contributed by atoms with Crippen LogP contribution in [0.3, 0.4) is 0 Å². The minimum atomic E-state index is 0.107. The molecule has 0 aromatic carbocycles. The Morgan fingerprint density at radius 3 is 3.00 bits per heavy atom. The van der Waals surface area contributed by atoms with Gasteiger partial charge in [-0.15, -0.1) is 0 Å². The number of hydrogen-bond donors (Lipinski definition) is 1. The van der Waals surface area contributed by atoms with E-state index < -0.39 is 0 Å². The first-order valence-electron chi connectivity index (χ1n) is 5.63. The Kier molecular flexibility index (Phi) is 3.79. The normalized spacial score (nSPS) is 16.4. The zero-order valence-electron chi connectivity index (χ0n) is 9.73. The summed E-state index contributed by atoms with van der Waals surface area (Å²) in [7, 11) is 0. The Balaban J connectivity index is 1.73. The quantitative estimate of drug-likeness (QED) is 0.789. The van der Waals surface area contributed by atoms with E-state index in [-0.39, 0.29) is 6.10 Å². The molecule has 5 nitrogen and oxygen atoms in total. The highest BCUT2D eigenvalue weighted by Crippen LogP contribution is 2.15. The number of nitrogens with zero attached hydrogens (tertiary/aromatic N) is 1. The summed E-state index contributed by atoms with van der Waals surface area (Å²) in [5.74, 6) is 0.634. The van der Waals surface area contributed by atoms with Crippen LogP contribution < -0.4 is 10.1 Å². The fraction of sp³-hybridized carbons (Fsp3) is 0.727. The number of rotatable bonds is 6. The average molecular weight is 226 g/mol. The van der Waals surface area contributed by atoms with Crippen LogP contribution in [0.25, 0.3) is 0 Å². The van der Waals surface area contributed by atoms with E-state index in [1.807, 2.05) is 0 Å². The first kappa shape index (κ1) is 11.4. The van der Waals surface area contributed by atoms with Crippen LogP contribution in [-0.4, -0.2) is 30.8 Å². The second-order valence-electron chi connectivity index (χ2n) is 4.41. The van der Waals surface area contributed by atoms with E-state index in [0.717, 1.165) is 12.2 Å². The first-order chi connectivity index (χ1) is 7.74. The molecule has 0 saturated carbocycles. The van der Waals surface area contributed by atoms with Gasteiger partial charge < -0.3 is 19.2 Å². The third-order valence-corrected chi connectivity index (χ3v) is 2.26. The molecule has 1 aromatic heterocycles. The molecule has 0 bridgehead atoms. The van der Waals surface area contributed by atoms with Gasteiger partial charge in [0.15, 0.2) is 6.10 Å². The van der Waals surface area contributed by atoms with Crippen LogP contribution in [0.4, 0.5) is 0 Å². The summed E-state index contributed by atoms with van der Waals surface area (Å²) >= 11 is 0. The number of nitrogens with one attached hydrogen (secondary N) is 1. The van der Waals surface area contributed by atoms with Gasteiger partial charge in [0.05, 0.1) is 18.9 Å². The van der Waals surface area contributed by atoms with Crippen molar-refractivity contribution in [2.24, 2.45) is 5.92 Å². The van der Waals surface area contributed by atoms with Crippen molar-refractivity contribution in [2.45, 2.75) is 26.5 Å². The molecule has 1 aromatic rings. The van der Waals surface area contributed by atoms with E-state index in [2.05, 4.69) is 24.1 Å². The van der Waals surface area contributed by atoms with Crippen LogP contribution in [0.1, 0.15) is 19.5 Å². The van der Waals surface area contributed by atoms with Crippen LogP contribution in [0.5, 0.6) is 6.08 Å². The molecule has 2 heterocycles. The lowest BCUT2D eigenvalue weighted by Gasteiger charge is -2.24. The smallest absolute Gasteiger partial charge is 0.394 e. The van der Waals surface area contributed by atoms with Crippen molar-refractivity contribution in [3.05, 3.63) is 12.0 Å². The number of hydrogen-bond acceptors (Lipinski definition) is 5. The zero-order valence-corrected chi connectivity index (χ0v) is 9.73. The van der Waals surface area contributed by atoms with E-state index in [9.17, 15) is 0 Å². The Hall–Kier alpha value is -1.07. The van der Waals surface area contributed by atoms with Gasteiger partial charge in [-0.2, -0.15) is 4.98 Å². The van der Waals surface area contributed by atoms with Gasteiger partial charge in [-0.05, 0) is 12.5 Å². The van der Waals surface area contributed by atoms with E-state index >= 15 is 0 Å². The number of ether oxygens (including phenoxy) is 2. The summed E-state index contributed by atoms with van der Waals surface area (Å²) in [4.78, 5) is 4.22. The third kappa shape index (κ3) is 3.21. The second-order valence-corrected chi connectivity index (χ2v) is 4.41. The lowest BCUT2D eigenvalue weighted by molar-refractivity contribution is -0.0894. The summed E-state index contributed by atoms with van der Waals surface area (Å²) in [5.41, 5.74) is 0.871. The van der Waals surface area contributed by atoms with E-state index in [0.29, 0.717) is 31.8 Å². The van der Waals surface area contributed by atoms with Crippen molar-refractivity contribution in [2.75, 3.05) is 19.8 Å². The van der Waals surface area contributed by atoms with Crippen molar-refractivity contribution in [3.8, 4) is 6.08 Å². The van der Waals surface area contributed by atoms with Crippen LogP contribution in [0.2, 0.25) is 0 Å². The fourth-order valence-electron chi connectivity index (χ4n) is 1.34. The van der Waals surface area contributed by atoms with Crippen LogP contribution in [-0.2, 0) is 11.3 Å². The molecule has 90 valence electrons. The molecule has 0 radical (unpaired) electrons. The lowest BCUT2D eigenvalue weighted by atomic mass is 10.2. The summed E-state index contributed by atoms with van der Waals surface area (Å²) in [5, 5.41) is 3.29. The molecule has 2 rings (SSSR count). The Morgan fingerprint density at radius 2 is 2.38 bits per heavy atom. The summed E-state index contributed by atoms with van der Waals surface area (Å²) in [6, 6.07) is 0. The van der Waals surface area contributed by atoms with Gasteiger partial charge in [0.2, 0.25) is 0 Å². The molecule has 0 atom stereocenters. The molecule has 5 heteroatoms. The molecule has 0 amide bonds. The topological polar surface area (TPSA) is 56.5 Å². The molecule has 0 aliphatic carbocycles. The standard InChI is InChI=1S/C11H18N2O3/c1-8(2)3-12-4-9-5-15-11(13-9)16-10-6-14-7-10/h5,8,10,12H,3-4,6-7H2,1-2H3. The zero-order chi connectivity index (χ0) is 11.4. The van der Waals surface area contributed by atoms with Gasteiger partial charge in [-0.1, -0.05) is 13.8 Å². The molecule has 1 N–H and O–H groups in total. The molecular formula is C11H18N2O3. The predicted molar refractivity (Wildman–Crippen MR) is 58.3 cm³/mol. The van der Waals surface area contributed by atoms with Gasteiger partial charge in [-0.3, -0.25) is 0 Å². The van der Waals surface area contributed by atoms with Crippen molar-refractivity contribution >= 4 is 0 Å². The largest absolute Gasteiger partial charge is 0.442 e. The summed E-state index contributed by atoms with van der Waals surface area (Å²) in [6.07, 6.45) is 2.08. The van der Waals surface area contributed by atoms with Crippen LogP contribution in [0.15, 0.2) is 10.7 Å². The van der Waals surface area contributed by atoms with Crippen LogP contribution in [0, 0.1) is 5.92 Å². The Morgan fingerprint density at radius 1 is 1.56 bits per heavy atom. The van der Waals surface area contributed by atoms with E-state index in [4.69, 9.17) is 13.9 Å². The number of aromatic nitrogens is 1. The van der Waals surface area contributed by atoms with E-state index in [1.165, 1.54) is 0 Å². The van der Waals surface area contributed by atoms with Gasteiger partial charge in [0.1, 0.15) is 6.26 Å². The highest BCUT2D eigenvalue weighted by molar-refractivity contribution is 5.00. The monoisotopic (exact) mass is 226 g/mol. The minimum absolute atomic E-state index is 0.107. The highest BCUT2D eigenvalue weighted by Gasteiger charge is 2.22. The highest BCUT2D eigenvalue weighted by atomic mass is 16.6. The Bertz CT molecular complexity index is 321. The van der Waals surface area contributed by atoms with Gasteiger partial charge in [-0.25, -0.2) is 0 Å². The molecule has 1 aliphatic heterocycles. The first-order valence-corrected chi connectivity index (χ1v) is 5.63. The predicted octanol–water partition coefficient (Wildman–Crippen LogP) is 1.20. The Labute approximate surface area is 95.1 Å². The van der Waals surface area contributed by atoms with Gasteiger partial charge >= 0.3 is 6.08 Å². The van der Waals surface area contributed by atoms with Crippen LogP contribution >= 0.6 is 0 Å². The molecule has 1 aliphatic rings. The summed E-state index contributed by atoms with van der Waals surface area (Å²) in [6.45, 7) is 7.28. The third-order valence-electron chi connectivity index (χ3n) is 2.26. The van der Waals surface area contributed by atoms with Crippen molar-refractivity contribution in [1.29, 1.82) is 0 Å². The average Bonchev–Trinajstić information content (AvgIpc) is 2.59. The van der Waals surface area contributed by atoms with Gasteiger partial charge in [0.25, 0.3) is 0 Å². The molecule has 16 heavy (non-hydrogen) atoms. The molecular weight excluding hydrogens is 208 g/mol. The van der Waals surface area contributed by atoms with Crippen molar-refractivity contribution in [1.82, 2.24) is 10.3 Å². The maximum absolute atomic E-state index is 5.43. The van der Waals surface area contributed by atoms with Crippen molar-refractivity contribution < 1.29 is 13.9 Å². The maximum Gasteiger partial charge on any atom is 0.394 e. The molecule has 1 fully saturated rings. The minimum Gasteiger partial charge on any atom is -0.442 e. The number of oxazole rings is 1.